The van der Waals surface area contributed by atoms with Gasteiger partial charge < -0.3 is 5.32 Å². The molecule has 0 heterocycles. The molecule has 1 rings (SSSR count). The molecule has 2 atom stereocenters. The second kappa shape index (κ2) is 5.26. The van der Waals surface area contributed by atoms with Gasteiger partial charge in [-0.05, 0) is 26.7 Å². The van der Waals surface area contributed by atoms with Crippen molar-refractivity contribution in [3.05, 3.63) is 0 Å². The molecule has 17 heavy (non-hydrogen) atoms. The molecule has 2 unspecified atom stereocenters. The van der Waals surface area contributed by atoms with Crippen LogP contribution in [0.25, 0.3) is 0 Å². The van der Waals surface area contributed by atoms with Gasteiger partial charge in [-0.15, -0.1) is 0 Å². The first-order valence-electron chi connectivity index (χ1n) is 5.81. The third kappa shape index (κ3) is 3.44. The summed E-state index contributed by atoms with van der Waals surface area (Å²) >= 11 is 3.54. The molecule has 100 valence electrons. The highest BCUT2D eigenvalue weighted by molar-refractivity contribution is 9.09. The zero-order chi connectivity index (χ0) is 13.3. The Kier molecular flexibility index (Phi) is 4.63. The molecule has 0 aliphatic heterocycles. The van der Waals surface area contributed by atoms with Gasteiger partial charge in [-0.3, -0.25) is 4.79 Å². The van der Waals surface area contributed by atoms with E-state index in [1.807, 2.05) is 0 Å². The molecule has 0 bridgehead atoms. The molecule has 1 saturated carbocycles. The van der Waals surface area contributed by atoms with E-state index in [9.17, 15) is 13.2 Å². The van der Waals surface area contributed by atoms with Gasteiger partial charge in [-0.2, -0.15) is 0 Å². The van der Waals surface area contributed by atoms with Gasteiger partial charge in [-0.1, -0.05) is 28.8 Å². The highest BCUT2D eigenvalue weighted by atomic mass is 79.9. The highest BCUT2D eigenvalue weighted by Crippen LogP contribution is 2.25. The lowest BCUT2D eigenvalue weighted by Gasteiger charge is -2.31. The maximum atomic E-state index is 12.0. The topological polar surface area (TPSA) is 63.2 Å². The molecule has 0 aromatic rings. The van der Waals surface area contributed by atoms with E-state index in [-0.39, 0.29) is 10.9 Å². The largest absolute Gasteiger partial charge is 0.351 e. The van der Waals surface area contributed by atoms with Crippen LogP contribution in [0, 0.1) is 0 Å². The normalized spacial score (nSPS) is 26.6. The third-order valence-electron chi connectivity index (χ3n) is 3.47. The molecular formula is C11H20BrNO3S. The van der Waals surface area contributed by atoms with Crippen molar-refractivity contribution in [2.24, 2.45) is 0 Å². The summed E-state index contributed by atoms with van der Waals surface area (Å²) in [4.78, 5) is 12.3. The Bertz CT molecular complexity index is 392. The Morgan fingerprint density at radius 2 is 1.82 bits per heavy atom. The third-order valence-corrected chi connectivity index (χ3v) is 6.61. The Labute approximate surface area is 112 Å². The zero-order valence-corrected chi connectivity index (χ0v) is 12.9. The van der Waals surface area contributed by atoms with Crippen molar-refractivity contribution in [1.29, 1.82) is 0 Å². The number of nitrogens with one attached hydrogen (secondary N) is 1. The molecular weight excluding hydrogens is 306 g/mol. The summed E-state index contributed by atoms with van der Waals surface area (Å²) in [5.74, 6) is -0.406. The van der Waals surface area contributed by atoms with E-state index in [1.54, 1.807) is 0 Å². The summed E-state index contributed by atoms with van der Waals surface area (Å²) in [5, 5.41) is 2.85. The fraction of sp³-hybridized carbons (Fsp3) is 0.909. The molecule has 0 saturated heterocycles. The molecule has 1 fully saturated rings. The molecule has 0 aromatic heterocycles. The fourth-order valence-corrected chi connectivity index (χ4v) is 2.87. The fourth-order valence-electron chi connectivity index (χ4n) is 1.76. The van der Waals surface area contributed by atoms with Crippen LogP contribution in [0.5, 0.6) is 0 Å². The smallest absolute Gasteiger partial charge is 0.241 e. The lowest BCUT2D eigenvalue weighted by molar-refractivity contribution is -0.123. The van der Waals surface area contributed by atoms with Crippen molar-refractivity contribution in [2.75, 3.05) is 6.26 Å². The maximum absolute atomic E-state index is 12.0. The van der Waals surface area contributed by atoms with E-state index >= 15 is 0 Å². The van der Waals surface area contributed by atoms with Gasteiger partial charge in [-0.25, -0.2) is 8.42 Å². The molecule has 0 spiro atoms. The van der Waals surface area contributed by atoms with Crippen LogP contribution in [0.1, 0.15) is 39.5 Å². The molecule has 4 nitrogen and oxygen atoms in total. The quantitative estimate of drug-likeness (QED) is 0.802. The van der Waals surface area contributed by atoms with Gasteiger partial charge >= 0.3 is 0 Å². The Morgan fingerprint density at radius 1 is 1.29 bits per heavy atom. The second-order valence-electron chi connectivity index (χ2n) is 5.16. The second-order valence-corrected chi connectivity index (χ2v) is 8.90. The number of alkyl halides is 1. The minimum absolute atomic E-state index is 0.0391. The molecule has 6 heteroatoms. The summed E-state index contributed by atoms with van der Waals surface area (Å²) in [6.07, 6.45) is 5.24. The summed E-state index contributed by atoms with van der Waals surface area (Å²) in [5.41, 5.74) is 0. The summed E-state index contributed by atoms with van der Waals surface area (Å²) in [6.45, 7) is 2.90. The standard InChI is InChI=1S/C11H20BrNO3S/c1-11(2,17(3,15)16)10(14)13-9-7-5-4-6-8(9)12/h8-9H,4-7H2,1-3H3,(H,13,14). The van der Waals surface area contributed by atoms with Crippen molar-refractivity contribution in [2.45, 2.75) is 55.1 Å². The summed E-state index contributed by atoms with van der Waals surface area (Å²) in [6, 6.07) is 0.0391. The van der Waals surface area contributed by atoms with Crippen molar-refractivity contribution in [1.82, 2.24) is 5.32 Å². The summed E-state index contributed by atoms with van der Waals surface area (Å²) in [7, 11) is -3.40. The van der Waals surface area contributed by atoms with Crippen molar-refractivity contribution in [3.63, 3.8) is 0 Å². The number of sulfone groups is 1. The Morgan fingerprint density at radius 3 is 2.29 bits per heavy atom. The van der Waals surface area contributed by atoms with E-state index in [2.05, 4.69) is 21.2 Å². The molecule has 0 radical (unpaired) electrons. The SMILES string of the molecule is CC(C)(C(=O)NC1CCCCC1Br)S(C)(=O)=O. The minimum atomic E-state index is -3.40. The van der Waals surface area contributed by atoms with Crippen LogP contribution >= 0.6 is 15.9 Å². The number of carbonyl (C=O) groups excluding carboxylic acids is 1. The van der Waals surface area contributed by atoms with E-state index < -0.39 is 20.5 Å². The van der Waals surface area contributed by atoms with Crippen LogP contribution in [0.4, 0.5) is 0 Å². The van der Waals surface area contributed by atoms with Crippen LogP contribution in [-0.4, -0.2) is 36.2 Å². The van der Waals surface area contributed by atoms with E-state index in [0.717, 1.165) is 31.9 Å². The van der Waals surface area contributed by atoms with E-state index in [1.165, 1.54) is 13.8 Å². The number of halogens is 1. The van der Waals surface area contributed by atoms with Crippen molar-refractivity contribution in [3.8, 4) is 0 Å². The van der Waals surface area contributed by atoms with Crippen LogP contribution in [0.3, 0.4) is 0 Å². The number of amides is 1. The molecule has 1 amide bonds. The van der Waals surface area contributed by atoms with Crippen LogP contribution in [0.2, 0.25) is 0 Å². The monoisotopic (exact) mass is 325 g/mol. The number of carbonyl (C=O) groups is 1. The van der Waals surface area contributed by atoms with Gasteiger partial charge in [0.05, 0.1) is 0 Å². The predicted molar refractivity (Wildman–Crippen MR) is 72.0 cm³/mol. The zero-order valence-electron chi connectivity index (χ0n) is 10.5. The van der Waals surface area contributed by atoms with E-state index in [4.69, 9.17) is 0 Å². The van der Waals surface area contributed by atoms with Crippen molar-refractivity contribution < 1.29 is 13.2 Å². The molecule has 1 aliphatic carbocycles. The first kappa shape index (κ1) is 15.0. The lowest BCUT2D eigenvalue weighted by atomic mass is 9.95. The van der Waals surface area contributed by atoms with Crippen LogP contribution in [0.15, 0.2) is 0 Å². The average Bonchev–Trinajstić information content (AvgIpc) is 2.19. The number of rotatable bonds is 3. The Balaban J connectivity index is 2.72. The molecule has 1 N–H and O–H groups in total. The number of hydrogen-bond donors (Lipinski definition) is 1. The first-order valence-corrected chi connectivity index (χ1v) is 8.61. The summed E-state index contributed by atoms with van der Waals surface area (Å²) < 4.78 is 21.7. The van der Waals surface area contributed by atoms with Gasteiger partial charge in [0.2, 0.25) is 5.91 Å². The average molecular weight is 326 g/mol. The highest BCUT2D eigenvalue weighted by Gasteiger charge is 2.40. The lowest BCUT2D eigenvalue weighted by Crippen LogP contribution is -2.53. The number of hydrogen-bond acceptors (Lipinski definition) is 3. The minimum Gasteiger partial charge on any atom is -0.351 e. The van der Waals surface area contributed by atoms with Crippen molar-refractivity contribution >= 4 is 31.7 Å². The Hall–Kier alpha value is -0.100. The first-order chi connectivity index (χ1) is 7.66. The van der Waals surface area contributed by atoms with E-state index in [0.29, 0.717) is 0 Å². The van der Waals surface area contributed by atoms with Gasteiger partial charge in [0, 0.05) is 17.1 Å². The van der Waals surface area contributed by atoms with Crippen LogP contribution in [-0.2, 0) is 14.6 Å². The molecule has 1 aliphatic rings. The van der Waals surface area contributed by atoms with Crippen LogP contribution < -0.4 is 5.32 Å². The van der Waals surface area contributed by atoms with Gasteiger partial charge in [0.1, 0.15) is 4.75 Å². The predicted octanol–water partition coefficient (Wildman–Crippen LogP) is 1.63. The maximum Gasteiger partial charge on any atom is 0.241 e. The van der Waals surface area contributed by atoms with Gasteiger partial charge in [0.15, 0.2) is 9.84 Å². The molecule has 0 aromatic carbocycles. The van der Waals surface area contributed by atoms with Gasteiger partial charge in [0.25, 0.3) is 0 Å².